The number of ketones is 1. The quantitative estimate of drug-likeness (QED) is 0.678. The molecule has 124 valence electrons. The third kappa shape index (κ3) is 2.56. The van der Waals surface area contributed by atoms with E-state index in [9.17, 15) is 9.90 Å². The molecule has 0 atom stereocenters. The summed E-state index contributed by atoms with van der Waals surface area (Å²) in [6, 6.07) is 6.23. The van der Waals surface area contributed by atoms with Crippen molar-refractivity contribution in [2.24, 2.45) is 0 Å². The fourth-order valence-corrected chi connectivity index (χ4v) is 2.79. The molecule has 0 spiro atoms. The first-order valence-electron chi connectivity index (χ1n) is 6.82. The predicted octanol–water partition coefficient (Wildman–Crippen LogP) is 4.69. The molecule has 7 heteroatoms. The SMILES string of the molecule is COc1ccc(OC)c(C(=O)c2coc3c(Cl)c(Cl)c(O)cc23)c1. The Labute approximate surface area is 147 Å². The average molecular weight is 367 g/mol. The van der Waals surface area contributed by atoms with E-state index in [1.807, 2.05) is 0 Å². The van der Waals surface area contributed by atoms with E-state index in [1.54, 1.807) is 18.2 Å². The molecule has 2 aromatic carbocycles. The average Bonchev–Trinajstić information content (AvgIpc) is 3.02. The highest BCUT2D eigenvalue weighted by atomic mass is 35.5. The molecule has 0 bridgehead atoms. The third-order valence-corrected chi connectivity index (χ3v) is 4.46. The summed E-state index contributed by atoms with van der Waals surface area (Å²) in [7, 11) is 2.97. The molecule has 3 aromatic rings. The van der Waals surface area contributed by atoms with Crippen molar-refractivity contribution < 1.29 is 23.8 Å². The van der Waals surface area contributed by atoms with Gasteiger partial charge in [-0.15, -0.1) is 0 Å². The first-order chi connectivity index (χ1) is 11.5. The van der Waals surface area contributed by atoms with Crippen LogP contribution < -0.4 is 9.47 Å². The van der Waals surface area contributed by atoms with Crippen molar-refractivity contribution >= 4 is 40.0 Å². The second-order valence-corrected chi connectivity index (χ2v) is 5.70. The molecule has 1 aromatic heterocycles. The molecular weight excluding hydrogens is 355 g/mol. The monoisotopic (exact) mass is 366 g/mol. The van der Waals surface area contributed by atoms with E-state index in [-0.39, 0.29) is 32.7 Å². The number of methoxy groups -OCH3 is 2. The lowest BCUT2D eigenvalue weighted by Gasteiger charge is -2.09. The van der Waals surface area contributed by atoms with Crippen molar-refractivity contribution in [3.63, 3.8) is 0 Å². The lowest BCUT2D eigenvalue weighted by atomic mass is 10.0. The van der Waals surface area contributed by atoms with Crippen LogP contribution in [0.25, 0.3) is 11.0 Å². The van der Waals surface area contributed by atoms with Gasteiger partial charge in [0.15, 0.2) is 5.58 Å². The Kier molecular flexibility index (Phi) is 4.30. The van der Waals surface area contributed by atoms with Gasteiger partial charge in [0, 0.05) is 5.39 Å². The van der Waals surface area contributed by atoms with Crippen molar-refractivity contribution in [3.05, 3.63) is 51.7 Å². The van der Waals surface area contributed by atoms with Crippen LogP contribution >= 0.6 is 23.2 Å². The smallest absolute Gasteiger partial charge is 0.200 e. The maximum Gasteiger partial charge on any atom is 0.200 e. The zero-order valence-electron chi connectivity index (χ0n) is 12.7. The van der Waals surface area contributed by atoms with Crippen LogP contribution in [-0.4, -0.2) is 25.1 Å². The van der Waals surface area contributed by atoms with Crippen LogP contribution in [0.3, 0.4) is 0 Å². The number of carbonyl (C=O) groups excluding carboxylic acids is 1. The van der Waals surface area contributed by atoms with Crippen molar-refractivity contribution in [3.8, 4) is 17.2 Å². The van der Waals surface area contributed by atoms with Gasteiger partial charge in [0.2, 0.25) is 5.78 Å². The number of phenolic OH excluding ortho intramolecular Hbond substituents is 1. The molecule has 0 aliphatic carbocycles. The number of fused-ring (bicyclic) bond motifs is 1. The van der Waals surface area contributed by atoms with E-state index in [0.717, 1.165) is 0 Å². The standard InChI is InChI=1S/C17H12Cl2O5/c1-22-8-3-4-13(23-2)10(5-8)16(21)11-7-24-17-9(11)6-12(20)14(18)15(17)19/h3-7,20H,1-2H3. The Morgan fingerprint density at radius 2 is 1.83 bits per heavy atom. The minimum atomic E-state index is -0.359. The number of benzene rings is 2. The number of carbonyl (C=O) groups is 1. The van der Waals surface area contributed by atoms with Crippen LogP contribution in [0.5, 0.6) is 17.2 Å². The van der Waals surface area contributed by atoms with Gasteiger partial charge in [0.1, 0.15) is 33.6 Å². The first-order valence-corrected chi connectivity index (χ1v) is 7.58. The largest absolute Gasteiger partial charge is 0.506 e. The molecule has 1 N–H and O–H groups in total. The number of phenols is 1. The summed E-state index contributed by atoms with van der Waals surface area (Å²) in [4.78, 5) is 12.9. The van der Waals surface area contributed by atoms with Crippen molar-refractivity contribution in [2.75, 3.05) is 14.2 Å². The number of hydrogen-bond acceptors (Lipinski definition) is 5. The molecule has 0 saturated heterocycles. The summed E-state index contributed by atoms with van der Waals surface area (Å²) < 4.78 is 15.8. The third-order valence-electron chi connectivity index (χ3n) is 3.62. The number of hydrogen-bond donors (Lipinski definition) is 1. The van der Waals surface area contributed by atoms with E-state index < -0.39 is 0 Å². The summed E-state index contributed by atoms with van der Waals surface area (Å²) in [6.07, 6.45) is 1.27. The normalized spacial score (nSPS) is 10.8. The minimum Gasteiger partial charge on any atom is -0.506 e. The summed E-state index contributed by atoms with van der Waals surface area (Å²) in [5.74, 6) is 0.305. The van der Waals surface area contributed by atoms with Crippen molar-refractivity contribution in [1.29, 1.82) is 0 Å². The molecule has 0 aliphatic rings. The molecule has 5 nitrogen and oxygen atoms in total. The molecule has 0 unspecified atom stereocenters. The van der Waals surface area contributed by atoms with E-state index in [0.29, 0.717) is 22.4 Å². The van der Waals surface area contributed by atoms with Crippen LogP contribution in [-0.2, 0) is 0 Å². The van der Waals surface area contributed by atoms with Crippen LogP contribution in [0, 0.1) is 0 Å². The summed E-state index contributed by atoms with van der Waals surface area (Å²) in [5.41, 5.74) is 0.750. The van der Waals surface area contributed by atoms with Crippen molar-refractivity contribution in [1.82, 2.24) is 0 Å². The van der Waals surface area contributed by atoms with Gasteiger partial charge in [-0.05, 0) is 24.3 Å². The molecule has 0 saturated carbocycles. The number of ether oxygens (including phenoxy) is 2. The van der Waals surface area contributed by atoms with Gasteiger partial charge < -0.3 is 19.0 Å². The van der Waals surface area contributed by atoms with Crippen LogP contribution in [0.4, 0.5) is 0 Å². The van der Waals surface area contributed by atoms with E-state index in [4.69, 9.17) is 37.1 Å². The number of furan rings is 1. The number of halogens is 2. The lowest BCUT2D eigenvalue weighted by Crippen LogP contribution is -2.04. The molecule has 0 radical (unpaired) electrons. The molecule has 0 fully saturated rings. The highest BCUT2D eigenvalue weighted by molar-refractivity contribution is 6.46. The van der Waals surface area contributed by atoms with Gasteiger partial charge in [-0.2, -0.15) is 0 Å². The van der Waals surface area contributed by atoms with Gasteiger partial charge in [-0.3, -0.25) is 4.79 Å². The molecule has 24 heavy (non-hydrogen) atoms. The number of rotatable bonds is 4. The van der Waals surface area contributed by atoms with Gasteiger partial charge in [0.05, 0.1) is 25.3 Å². The second kappa shape index (κ2) is 6.26. The summed E-state index contributed by atoms with van der Waals surface area (Å²) >= 11 is 11.9. The number of aromatic hydroxyl groups is 1. The second-order valence-electron chi connectivity index (χ2n) is 4.95. The van der Waals surface area contributed by atoms with E-state index in [1.165, 1.54) is 26.5 Å². The highest BCUT2D eigenvalue weighted by Gasteiger charge is 2.23. The van der Waals surface area contributed by atoms with Gasteiger partial charge >= 0.3 is 0 Å². The van der Waals surface area contributed by atoms with E-state index in [2.05, 4.69) is 0 Å². The first kappa shape index (κ1) is 16.5. The Bertz CT molecular complexity index is 946. The molecule has 3 rings (SSSR count). The fraction of sp³-hybridized carbons (Fsp3) is 0.118. The van der Waals surface area contributed by atoms with Crippen LogP contribution in [0.15, 0.2) is 34.9 Å². The Balaban J connectivity index is 2.20. The highest BCUT2D eigenvalue weighted by Crippen LogP contribution is 2.40. The zero-order chi connectivity index (χ0) is 17.4. The molecule has 1 heterocycles. The topological polar surface area (TPSA) is 68.9 Å². The Morgan fingerprint density at radius 3 is 2.50 bits per heavy atom. The fourth-order valence-electron chi connectivity index (χ4n) is 2.41. The van der Waals surface area contributed by atoms with Gasteiger partial charge in [-0.1, -0.05) is 23.2 Å². The summed E-state index contributed by atoms with van der Waals surface area (Å²) in [5, 5.41) is 10.2. The van der Waals surface area contributed by atoms with Crippen LogP contribution in [0.1, 0.15) is 15.9 Å². The minimum absolute atomic E-state index is 0.0310. The molecular formula is C17H12Cl2O5. The maximum absolute atomic E-state index is 12.9. The predicted molar refractivity (Wildman–Crippen MR) is 90.9 cm³/mol. The molecule has 0 amide bonds. The lowest BCUT2D eigenvalue weighted by molar-refractivity contribution is 0.103. The van der Waals surface area contributed by atoms with E-state index >= 15 is 0 Å². The van der Waals surface area contributed by atoms with Gasteiger partial charge in [-0.25, -0.2) is 0 Å². The summed E-state index contributed by atoms with van der Waals surface area (Å²) in [6.45, 7) is 0. The van der Waals surface area contributed by atoms with Crippen LogP contribution in [0.2, 0.25) is 10.0 Å². The van der Waals surface area contributed by atoms with Gasteiger partial charge in [0.25, 0.3) is 0 Å². The molecule has 0 aliphatic heterocycles. The Morgan fingerprint density at radius 1 is 1.08 bits per heavy atom. The Hall–Kier alpha value is -2.37. The maximum atomic E-state index is 12.9. The zero-order valence-corrected chi connectivity index (χ0v) is 14.2. The van der Waals surface area contributed by atoms with Crippen molar-refractivity contribution in [2.45, 2.75) is 0 Å².